The second kappa shape index (κ2) is 11.6. The van der Waals surface area contributed by atoms with E-state index in [9.17, 15) is 18.0 Å². The van der Waals surface area contributed by atoms with Crippen molar-refractivity contribution in [3.63, 3.8) is 0 Å². The molecule has 2 fully saturated rings. The van der Waals surface area contributed by atoms with E-state index in [-0.39, 0.29) is 11.7 Å². The summed E-state index contributed by atoms with van der Waals surface area (Å²) in [5, 5.41) is 9.28. The molecule has 0 spiro atoms. The zero-order valence-corrected chi connectivity index (χ0v) is 22.6. The molecule has 1 unspecified atom stereocenters. The van der Waals surface area contributed by atoms with Gasteiger partial charge in [0.2, 0.25) is 5.76 Å². The van der Waals surface area contributed by atoms with E-state index in [1.165, 1.54) is 6.20 Å². The van der Waals surface area contributed by atoms with Crippen LogP contribution in [0.3, 0.4) is 0 Å². The zero-order valence-electron chi connectivity index (χ0n) is 22.6. The van der Waals surface area contributed by atoms with E-state index in [0.29, 0.717) is 25.0 Å². The van der Waals surface area contributed by atoms with Gasteiger partial charge in [0.05, 0.1) is 23.3 Å². The first kappa shape index (κ1) is 27.6. The number of para-hydroxylation sites is 2. The summed E-state index contributed by atoms with van der Waals surface area (Å²) >= 11 is 0. The largest absolute Gasteiger partial charge is 0.437 e. The van der Waals surface area contributed by atoms with Gasteiger partial charge in [0.1, 0.15) is 5.82 Å². The average molecular weight is 558 g/mol. The van der Waals surface area contributed by atoms with Gasteiger partial charge in [-0.15, -0.1) is 0 Å². The summed E-state index contributed by atoms with van der Waals surface area (Å²) in [5.41, 5.74) is 1.07. The second-order valence-corrected chi connectivity index (χ2v) is 10.4. The minimum absolute atomic E-state index is 0.176. The standard InChI is InChI=1S/C28H34F3N7O2/c1-18-6-5-13-38(17-18)27-36-25(28(29,30)31)24(40-27)26(39)35-20-9-10-23(33-16-20)37-14-11-19(12-15-37)34-22-8-4-3-7-21(22)32-2/h3-4,7-10,16,18-19,32,34H,5-6,11-15,17H2,1-2H3,(H,35,39). The normalized spacial score (nSPS) is 18.5. The molecule has 0 bridgehead atoms. The molecule has 12 heteroatoms. The predicted molar refractivity (Wildman–Crippen MR) is 149 cm³/mol. The fourth-order valence-electron chi connectivity index (χ4n) is 5.29. The van der Waals surface area contributed by atoms with Crippen LogP contribution in [0, 0.1) is 5.92 Å². The van der Waals surface area contributed by atoms with Crippen LogP contribution in [0.4, 0.5) is 42.1 Å². The Hall–Kier alpha value is -3.96. The summed E-state index contributed by atoms with van der Waals surface area (Å²) in [6.45, 7) is 4.67. The topological polar surface area (TPSA) is 98.6 Å². The lowest BCUT2D eigenvalue weighted by molar-refractivity contribution is -0.141. The Bertz CT molecular complexity index is 1300. The Morgan fingerprint density at radius 2 is 1.77 bits per heavy atom. The van der Waals surface area contributed by atoms with Gasteiger partial charge >= 0.3 is 6.18 Å². The molecule has 2 aromatic heterocycles. The van der Waals surface area contributed by atoms with Crippen LogP contribution >= 0.6 is 0 Å². The van der Waals surface area contributed by atoms with Crippen molar-refractivity contribution in [3.8, 4) is 0 Å². The summed E-state index contributed by atoms with van der Waals surface area (Å²) in [7, 11) is 1.90. The van der Waals surface area contributed by atoms with E-state index < -0.39 is 23.5 Å². The highest BCUT2D eigenvalue weighted by Gasteiger charge is 2.42. The molecule has 9 nitrogen and oxygen atoms in total. The number of carbonyl (C=O) groups is 1. The number of hydrogen-bond acceptors (Lipinski definition) is 8. The first-order chi connectivity index (χ1) is 19.2. The number of amides is 1. The summed E-state index contributed by atoms with van der Waals surface area (Å²) < 4.78 is 46.5. The molecule has 2 aliphatic heterocycles. The van der Waals surface area contributed by atoms with Gasteiger partial charge in [-0.1, -0.05) is 19.1 Å². The molecule has 40 heavy (non-hydrogen) atoms. The molecular weight excluding hydrogens is 523 g/mol. The third-order valence-corrected chi connectivity index (χ3v) is 7.40. The first-order valence-corrected chi connectivity index (χ1v) is 13.6. The average Bonchev–Trinajstić information content (AvgIpc) is 3.41. The molecule has 2 aliphatic rings. The number of alkyl halides is 3. The van der Waals surface area contributed by atoms with E-state index in [2.05, 4.69) is 36.9 Å². The molecule has 1 amide bonds. The first-order valence-electron chi connectivity index (χ1n) is 13.6. The maximum atomic E-state index is 13.7. The Balaban J connectivity index is 1.21. The Labute approximate surface area is 231 Å². The molecule has 0 radical (unpaired) electrons. The summed E-state index contributed by atoms with van der Waals surface area (Å²) in [4.78, 5) is 24.8. The number of carbonyl (C=O) groups excluding carboxylic acids is 1. The van der Waals surface area contributed by atoms with Crippen molar-refractivity contribution in [2.75, 3.05) is 59.0 Å². The van der Waals surface area contributed by atoms with Crippen LogP contribution in [0.25, 0.3) is 0 Å². The number of halogens is 3. The number of benzene rings is 1. The van der Waals surface area contributed by atoms with Crippen LogP contribution in [0.2, 0.25) is 0 Å². The minimum Gasteiger partial charge on any atom is -0.417 e. The van der Waals surface area contributed by atoms with E-state index in [1.54, 1.807) is 17.0 Å². The fourth-order valence-corrected chi connectivity index (χ4v) is 5.29. The Morgan fingerprint density at radius 3 is 2.42 bits per heavy atom. The highest BCUT2D eigenvalue weighted by molar-refractivity contribution is 6.03. The van der Waals surface area contributed by atoms with Crippen molar-refractivity contribution in [1.29, 1.82) is 0 Å². The second-order valence-electron chi connectivity index (χ2n) is 10.4. The van der Waals surface area contributed by atoms with Crippen LogP contribution < -0.4 is 25.8 Å². The van der Waals surface area contributed by atoms with Crippen LogP contribution in [-0.2, 0) is 6.18 Å². The summed E-state index contributed by atoms with van der Waals surface area (Å²) in [6.07, 6.45) is 0.262. The van der Waals surface area contributed by atoms with Crippen LogP contribution in [0.5, 0.6) is 0 Å². The third kappa shape index (κ3) is 6.26. The SMILES string of the molecule is CNc1ccccc1NC1CCN(c2ccc(NC(=O)c3oc(N4CCCC(C)C4)nc3C(F)(F)F)cn2)CC1. The fraction of sp³-hybridized carbons (Fsp3) is 0.464. The number of nitrogens with one attached hydrogen (secondary N) is 3. The lowest BCUT2D eigenvalue weighted by Crippen LogP contribution is -2.39. The van der Waals surface area contributed by atoms with Gasteiger partial charge in [-0.25, -0.2) is 4.98 Å². The quantitative estimate of drug-likeness (QED) is 0.340. The van der Waals surface area contributed by atoms with Crippen molar-refractivity contribution in [1.82, 2.24) is 9.97 Å². The van der Waals surface area contributed by atoms with Crippen LogP contribution in [0.1, 0.15) is 48.9 Å². The smallest absolute Gasteiger partial charge is 0.417 e. The van der Waals surface area contributed by atoms with Gasteiger partial charge < -0.3 is 30.2 Å². The monoisotopic (exact) mass is 557 g/mol. The molecule has 1 atom stereocenters. The Morgan fingerprint density at radius 1 is 1.02 bits per heavy atom. The number of oxazole rings is 1. The maximum Gasteiger partial charge on any atom is 0.437 e. The van der Waals surface area contributed by atoms with Crippen molar-refractivity contribution in [2.45, 2.75) is 44.8 Å². The lowest BCUT2D eigenvalue weighted by atomic mass is 10.0. The molecule has 2 saturated heterocycles. The van der Waals surface area contributed by atoms with Crippen molar-refractivity contribution in [3.05, 3.63) is 54.0 Å². The number of pyridine rings is 1. The number of hydrogen-bond donors (Lipinski definition) is 3. The molecule has 0 aliphatic carbocycles. The molecular formula is C28H34F3N7O2. The predicted octanol–water partition coefficient (Wildman–Crippen LogP) is 5.70. The van der Waals surface area contributed by atoms with E-state index in [0.717, 1.165) is 56.0 Å². The van der Waals surface area contributed by atoms with Crippen molar-refractivity contribution in [2.24, 2.45) is 5.92 Å². The number of nitrogens with zero attached hydrogens (tertiary/aromatic N) is 4. The molecule has 3 N–H and O–H groups in total. The lowest BCUT2D eigenvalue weighted by Gasteiger charge is -2.34. The minimum atomic E-state index is -4.83. The van der Waals surface area contributed by atoms with Gasteiger partial charge in [0.25, 0.3) is 11.9 Å². The third-order valence-electron chi connectivity index (χ3n) is 7.40. The number of aromatic nitrogens is 2. The maximum absolute atomic E-state index is 13.7. The highest BCUT2D eigenvalue weighted by Crippen LogP contribution is 2.35. The Kier molecular flexibility index (Phi) is 8.04. The molecule has 0 saturated carbocycles. The summed E-state index contributed by atoms with van der Waals surface area (Å²) in [5.74, 6) is -0.822. The molecule has 1 aromatic carbocycles. The molecule has 3 aromatic rings. The van der Waals surface area contributed by atoms with Crippen molar-refractivity contribution < 1.29 is 22.4 Å². The zero-order chi connectivity index (χ0) is 28.3. The number of anilines is 5. The molecule has 214 valence electrons. The van der Waals surface area contributed by atoms with Crippen molar-refractivity contribution >= 4 is 34.8 Å². The van der Waals surface area contributed by atoms with Gasteiger partial charge in [-0.2, -0.15) is 18.2 Å². The molecule has 5 rings (SSSR count). The van der Waals surface area contributed by atoms with E-state index in [1.807, 2.05) is 32.2 Å². The van der Waals surface area contributed by atoms with Gasteiger partial charge in [-0.05, 0) is 55.9 Å². The number of piperidine rings is 2. The van der Waals surface area contributed by atoms with E-state index >= 15 is 0 Å². The van der Waals surface area contributed by atoms with Crippen LogP contribution in [0.15, 0.2) is 47.0 Å². The van der Waals surface area contributed by atoms with E-state index in [4.69, 9.17) is 4.42 Å². The molecule has 4 heterocycles. The summed E-state index contributed by atoms with van der Waals surface area (Å²) in [6, 6.07) is 11.6. The van der Waals surface area contributed by atoms with Gasteiger partial charge in [-0.3, -0.25) is 4.79 Å². The van der Waals surface area contributed by atoms with Crippen LogP contribution in [-0.4, -0.2) is 55.1 Å². The highest BCUT2D eigenvalue weighted by atomic mass is 19.4. The number of rotatable bonds is 7. The van der Waals surface area contributed by atoms with Gasteiger partial charge in [0, 0.05) is 39.3 Å². The van der Waals surface area contributed by atoms with Gasteiger partial charge in [0.15, 0.2) is 5.69 Å².